The van der Waals surface area contributed by atoms with Gasteiger partial charge in [0.1, 0.15) is 0 Å². The maximum atomic E-state index is 5.81. The zero-order chi connectivity index (χ0) is 11.7. The highest BCUT2D eigenvalue weighted by Gasteiger charge is 2.23. The van der Waals surface area contributed by atoms with Crippen molar-refractivity contribution >= 4 is 5.69 Å². The standard InChI is InChI=1S/C14H20N2O/c15-12-2-3-13-11(7-12)1-4-14(13)16-8-10-5-6-17-9-10/h2-3,7,10,14,16H,1,4-6,8-9,15H2. The molecule has 2 aliphatic rings. The van der Waals surface area contributed by atoms with Crippen molar-refractivity contribution in [3.63, 3.8) is 0 Å². The maximum absolute atomic E-state index is 5.81. The Morgan fingerprint density at radius 3 is 3.12 bits per heavy atom. The third-order valence-electron chi connectivity index (χ3n) is 3.92. The average molecular weight is 232 g/mol. The first kappa shape index (κ1) is 11.1. The lowest BCUT2D eigenvalue weighted by molar-refractivity contribution is 0.184. The highest BCUT2D eigenvalue weighted by molar-refractivity contribution is 5.47. The van der Waals surface area contributed by atoms with Crippen LogP contribution in [0.1, 0.15) is 30.0 Å². The molecule has 0 aromatic heterocycles. The molecule has 3 N–H and O–H groups in total. The Morgan fingerprint density at radius 1 is 1.35 bits per heavy atom. The molecule has 1 aliphatic carbocycles. The number of ether oxygens (including phenoxy) is 1. The predicted molar refractivity (Wildman–Crippen MR) is 68.8 cm³/mol. The predicted octanol–water partition coefficient (Wildman–Crippen LogP) is 1.88. The van der Waals surface area contributed by atoms with Crippen molar-refractivity contribution in [2.24, 2.45) is 5.92 Å². The first-order valence-corrected chi connectivity index (χ1v) is 6.52. The summed E-state index contributed by atoms with van der Waals surface area (Å²) in [7, 11) is 0. The number of nitrogens with one attached hydrogen (secondary N) is 1. The summed E-state index contributed by atoms with van der Waals surface area (Å²) in [5.74, 6) is 0.702. The van der Waals surface area contributed by atoms with E-state index in [1.165, 1.54) is 24.0 Å². The molecule has 92 valence electrons. The van der Waals surface area contributed by atoms with E-state index in [4.69, 9.17) is 10.5 Å². The van der Waals surface area contributed by atoms with Gasteiger partial charge in [0.25, 0.3) is 0 Å². The van der Waals surface area contributed by atoms with E-state index in [9.17, 15) is 0 Å². The zero-order valence-corrected chi connectivity index (χ0v) is 10.1. The summed E-state index contributed by atoms with van der Waals surface area (Å²) in [6, 6.07) is 6.83. The Kier molecular flexibility index (Phi) is 3.04. The quantitative estimate of drug-likeness (QED) is 0.782. The third kappa shape index (κ3) is 2.31. The van der Waals surface area contributed by atoms with Crippen LogP contribution in [0.3, 0.4) is 0 Å². The van der Waals surface area contributed by atoms with E-state index >= 15 is 0 Å². The topological polar surface area (TPSA) is 47.3 Å². The smallest absolute Gasteiger partial charge is 0.0507 e. The van der Waals surface area contributed by atoms with Crippen molar-refractivity contribution in [3.05, 3.63) is 29.3 Å². The maximum Gasteiger partial charge on any atom is 0.0507 e. The number of hydrogen-bond acceptors (Lipinski definition) is 3. The fourth-order valence-corrected chi connectivity index (χ4v) is 2.90. The number of benzene rings is 1. The van der Waals surface area contributed by atoms with Gasteiger partial charge in [-0.2, -0.15) is 0 Å². The minimum absolute atomic E-state index is 0.520. The van der Waals surface area contributed by atoms with E-state index in [1.54, 1.807) is 0 Å². The first-order valence-electron chi connectivity index (χ1n) is 6.52. The van der Waals surface area contributed by atoms with Gasteiger partial charge < -0.3 is 15.8 Å². The van der Waals surface area contributed by atoms with Crippen LogP contribution in [0, 0.1) is 5.92 Å². The lowest BCUT2D eigenvalue weighted by Gasteiger charge is -2.16. The van der Waals surface area contributed by atoms with Gasteiger partial charge in [0.05, 0.1) is 6.61 Å². The number of aryl methyl sites for hydroxylation is 1. The SMILES string of the molecule is Nc1ccc2c(c1)CCC2NCC1CCOC1. The van der Waals surface area contributed by atoms with Gasteiger partial charge in [0.15, 0.2) is 0 Å². The number of anilines is 1. The van der Waals surface area contributed by atoms with Crippen molar-refractivity contribution in [2.75, 3.05) is 25.5 Å². The second-order valence-electron chi connectivity index (χ2n) is 5.19. The second-order valence-corrected chi connectivity index (χ2v) is 5.19. The average Bonchev–Trinajstić information content (AvgIpc) is 2.94. The number of hydrogen-bond donors (Lipinski definition) is 2. The molecule has 3 rings (SSSR count). The van der Waals surface area contributed by atoms with E-state index in [-0.39, 0.29) is 0 Å². The van der Waals surface area contributed by atoms with E-state index in [2.05, 4.69) is 17.4 Å². The summed E-state index contributed by atoms with van der Waals surface area (Å²) in [6.07, 6.45) is 3.56. The lowest BCUT2D eigenvalue weighted by atomic mass is 10.1. The van der Waals surface area contributed by atoms with Crippen LogP contribution in [0.25, 0.3) is 0 Å². The molecule has 17 heavy (non-hydrogen) atoms. The molecule has 2 atom stereocenters. The molecule has 2 unspecified atom stereocenters. The third-order valence-corrected chi connectivity index (χ3v) is 3.92. The van der Waals surface area contributed by atoms with Crippen LogP contribution in [0.2, 0.25) is 0 Å². The summed E-state index contributed by atoms with van der Waals surface area (Å²) in [6.45, 7) is 2.94. The molecule has 3 nitrogen and oxygen atoms in total. The fraction of sp³-hybridized carbons (Fsp3) is 0.571. The summed E-state index contributed by atoms with van der Waals surface area (Å²) >= 11 is 0. The van der Waals surface area contributed by atoms with Gasteiger partial charge in [-0.1, -0.05) is 6.07 Å². The second kappa shape index (κ2) is 4.67. The number of fused-ring (bicyclic) bond motifs is 1. The fourth-order valence-electron chi connectivity index (χ4n) is 2.90. The summed E-state index contributed by atoms with van der Waals surface area (Å²) < 4.78 is 5.40. The van der Waals surface area contributed by atoms with Crippen molar-refractivity contribution < 1.29 is 4.74 Å². The largest absolute Gasteiger partial charge is 0.399 e. The molecule has 1 aromatic rings. The lowest BCUT2D eigenvalue weighted by Crippen LogP contribution is -2.26. The van der Waals surface area contributed by atoms with Gasteiger partial charge in [0, 0.05) is 24.9 Å². The molecule has 1 heterocycles. The highest BCUT2D eigenvalue weighted by atomic mass is 16.5. The van der Waals surface area contributed by atoms with Gasteiger partial charge in [-0.3, -0.25) is 0 Å². The van der Waals surface area contributed by atoms with Crippen LogP contribution in [0.4, 0.5) is 5.69 Å². The van der Waals surface area contributed by atoms with Gasteiger partial charge in [0.2, 0.25) is 0 Å². The van der Waals surface area contributed by atoms with Gasteiger partial charge in [-0.05, 0) is 48.4 Å². The van der Waals surface area contributed by atoms with E-state index in [0.717, 1.165) is 31.9 Å². The Hall–Kier alpha value is -1.06. The van der Waals surface area contributed by atoms with E-state index in [0.29, 0.717) is 12.0 Å². The first-order chi connectivity index (χ1) is 8.33. The minimum Gasteiger partial charge on any atom is -0.399 e. The number of rotatable bonds is 3. The van der Waals surface area contributed by atoms with Crippen LogP contribution < -0.4 is 11.1 Å². The van der Waals surface area contributed by atoms with Crippen LogP contribution >= 0.6 is 0 Å². The van der Waals surface area contributed by atoms with Crippen LogP contribution in [-0.4, -0.2) is 19.8 Å². The Morgan fingerprint density at radius 2 is 2.29 bits per heavy atom. The summed E-state index contributed by atoms with van der Waals surface area (Å²) in [5, 5.41) is 3.68. The van der Waals surface area contributed by atoms with Gasteiger partial charge in [-0.15, -0.1) is 0 Å². The molecular weight excluding hydrogens is 212 g/mol. The molecule has 1 fully saturated rings. The van der Waals surface area contributed by atoms with Crippen molar-refractivity contribution in [2.45, 2.75) is 25.3 Å². The van der Waals surface area contributed by atoms with Crippen molar-refractivity contribution in [1.82, 2.24) is 5.32 Å². The molecule has 0 spiro atoms. The van der Waals surface area contributed by atoms with Gasteiger partial charge >= 0.3 is 0 Å². The zero-order valence-electron chi connectivity index (χ0n) is 10.1. The summed E-state index contributed by atoms with van der Waals surface area (Å²) in [5.41, 5.74) is 9.56. The highest BCUT2D eigenvalue weighted by Crippen LogP contribution is 2.32. The molecule has 1 saturated heterocycles. The number of nitrogen functional groups attached to an aromatic ring is 1. The van der Waals surface area contributed by atoms with Crippen LogP contribution in [0.5, 0.6) is 0 Å². The molecule has 3 heteroatoms. The molecule has 1 aromatic carbocycles. The van der Waals surface area contributed by atoms with E-state index in [1.807, 2.05) is 6.07 Å². The Balaban J connectivity index is 1.63. The molecule has 1 aliphatic heterocycles. The molecular formula is C14H20N2O. The van der Waals surface area contributed by atoms with Crippen molar-refractivity contribution in [3.8, 4) is 0 Å². The minimum atomic E-state index is 0.520. The molecule has 0 amide bonds. The number of nitrogens with two attached hydrogens (primary N) is 1. The van der Waals surface area contributed by atoms with Gasteiger partial charge in [-0.25, -0.2) is 0 Å². The molecule has 0 saturated carbocycles. The Bertz CT molecular complexity index is 399. The molecule has 0 radical (unpaired) electrons. The van der Waals surface area contributed by atoms with E-state index < -0.39 is 0 Å². The monoisotopic (exact) mass is 232 g/mol. The molecule has 0 bridgehead atoms. The normalized spacial score (nSPS) is 27.3. The Labute approximate surface area is 102 Å². The van der Waals surface area contributed by atoms with Crippen LogP contribution in [0.15, 0.2) is 18.2 Å². The van der Waals surface area contributed by atoms with Crippen molar-refractivity contribution in [1.29, 1.82) is 0 Å². The summed E-state index contributed by atoms with van der Waals surface area (Å²) in [4.78, 5) is 0. The van der Waals surface area contributed by atoms with Crippen LogP contribution in [-0.2, 0) is 11.2 Å².